The summed E-state index contributed by atoms with van der Waals surface area (Å²) in [6.45, 7) is 5.86. The van der Waals surface area contributed by atoms with E-state index >= 15 is 0 Å². The molecule has 1 saturated carbocycles. The van der Waals surface area contributed by atoms with E-state index in [0.717, 1.165) is 12.0 Å². The lowest BCUT2D eigenvalue weighted by Gasteiger charge is -2.28. The van der Waals surface area contributed by atoms with Crippen LogP contribution in [0, 0.1) is 5.92 Å². The van der Waals surface area contributed by atoms with Crippen molar-refractivity contribution < 1.29 is 0 Å². The monoisotopic (exact) mass is 182 g/mol. The van der Waals surface area contributed by atoms with Crippen LogP contribution in [-0.4, -0.2) is 29.6 Å². The molecule has 0 amide bonds. The minimum atomic E-state index is 0.447. The number of hydrogen-bond donors (Lipinski definition) is 1. The van der Waals surface area contributed by atoms with Crippen LogP contribution in [0.15, 0.2) is 0 Å². The average molecular weight is 182 g/mol. The molecule has 2 atom stereocenters. The van der Waals surface area contributed by atoms with Gasteiger partial charge >= 0.3 is 0 Å². The number of likely N-dealkylation sites (tertiary alicyclic amines) is 1. The van der Waals surface area contributed by atoms with Gasteiger partial charge in [0.05, 0.1) is 0 Å². The zero-order valence-corrected chi connectivity index (χ0v) is 8.87. The number of rotatable bonds is 3. The van der Waals surface area contributed by atoms with Gasteiger partial charge < -0.3 is 5.73 Å². The molecule has 2 unspecified atom stereocenters. The van der Waals surface area contributed by atoms with E-state index in [0.29, 0.717) is 12.1 Å². The second-order valence-electron chi connectivity index (χ2n) is 5.12. The third-order valence-corrected chi connectivity index (χ3v) is 3.37. The highest BCUT2D eigenvalue weighted by Crippen LogP contribution is 2.34. The normalized spacial score (nSPS) is 36.0. The first kappa shape index (κ1) is 9.47. The predicted octanol–water partition coefficient (Wildman–Crippen LogP) is 1.60. The Balaban J connectivity index is 1.94. The van der Waals surface area contributed by atoms with E-state index in [4.69, 9.17) is 5.73 Å². The first-order valence-electron chi connectivity index (χ1n) is 5.70. The van der Waals surface area contributed by atoms with Gasteiger partial charge in [-0.1, -0.05) is 13.8 Å². The molecule has 13 heavy (non-hydrogen) atoms. The molecule has 2 N–H and O–H groups in total. The largest absolute Gasteiger partial charge is 0.326 e. The van der Waals surface area contributed by atoms with Crippen LogP contribution in [0.3, 0.4) is 0 Å². The van der Waals surface area contributed by atoms with Crippen molar-refractivity contribution in [2.75, 3.05) is 6.54 Å². The second-order valence-corrected chi connectivity index (χ2v) is 5.12. The van der Waals surface area contributed by atoms with Crippen LogP contribution in [0.1, 0.15) is 39.5 Å². The van der Waals surface area contributed by atoms with Crippen LogP contribution >= 0.6 is 0 Å². The van der Waals surface area contributed by atoms with E-state index in [9.17, 15) is 0 Å². The molecule has 0 spiro atoms. The molecule has 2 rings (SSSR count). The van der Waals surface area contributed by atoms with Crippen LogP contribution in [-0.2, 0) is 0 Å². The van der Waals surface area contributed by atoms with Gasteiger partial charge in [0.15, 0.2) is 0 Å². The lowest BCUT2D eigenvalue weighted by Crippen LogP contribution is -2.41. The molecule has 0 radical (unpaired) electrons. The molecule has 1 aliphatic carbocycles. The summed E-state index contributed by atoms with van der Waals surface area (Å²) in [5, 5.41) is 0. The molecule has 0 aromatic carbocycles. The van der Waals surface area contributed by atoms with Crippen LogP contribution in [0.2, 0.25) is 0 Å². The van der Waals surface area contributed by atoms with Crippen molar-refractivity contribution in [3.8, 4) is 0 Å². The zero-order valence-electron chi connectivity index (χ0n) is 8.87. The van der Waals surface area contributed by atoms with Gasteiger partial charge in [-0.15, -0.1) is 0 Å². The van der Waals surface area contributed by atoms with E-state index in [1.807, 2.05) is 0 Å². The lowest BCUT2D eigenvalue weighted by atomic mass is 9.99. The first-order valence-corrected chi connectivity index (χ1v) is 5.70. The Kier molecular flexibility index (Phi) is 2.61. The summed E-state index contributed by atoms with van der Waals surface area (Å²) in [5.41, 5.74) is 6.14. The molecular formula is C11H22N2. The summed E-state index contributed by atoms with van der Waals surface area (Å²) >= 11 is 0. The topological polar surface area (TPSA) is 29.3 Å². The molecular weight excluding hydrogens is 160 g/mol. The van der Waals surface area contributed by atoms with E-state index in [2.05, 4.69) is 18.7 Å². The minimum Gasteiger partial charge on any atom is -0.326 e. The van der Waals surface area contributed by atoms with Crippen molar-refractivity contribution in [3.63, 3.8) is 0 Å². The Morgan fingerprint density at radius 1 is 1.31 bits per heavy atom. The van der Waals surface area contributed by atoms with Gasteiger partial charge in [-0.25, -0.2) is 0 Å². The van der Waals surface area contributed by atoms with Crippen LogP contribution < -0.4 is 5.73 Å². The van der Waals surface area contributed by atoms with Crippen molar-refractivity contribution in [1.29, 1.82) is 0 Å². The standard InChI is InChI=1S/C11H22N2/c1-8(2)7-11-10(12)5-6-13(11)9-3-4-9/h8-11H,3-7,12H2,1-2H3. The van der Waals surface area contributed by atoms with Crippen LogP contribution in [0.5, 0.6) is 0 Å². The van der Waals surface area contributed by atoms with Crippen LogP contribution in [0.25, 0.3) is 0 Å². The summed E-state index contributed by atoms with van der Waals surface area (Å²) in [4.78, 5) is 2.67. The molecule has 1 aliphatic heterocycles. The minimum absolute atomic E-state index is 0.447. The van der Waals surface area contributed by atoms with E-state index in [1.165, 1.54) is 32.2 Å². The van der Waals surface area contributed by atoms with Crippen molar-refractivity contribution >= 4 is 0 Å². The lowest BCUT2D eigenvalue weighted by molar-refractivity contribution is 0.207. The van der Waals surface area contributed by atoms with E-state index < -0.39 is 0 Å². The van der Waals surface area contributed by atoms with Gasteiger partial charge in [0.25, 0.3) is 0 Å². The maximum atomic E-state index is 6.14. The Labute approximate surface area is 81.5 Å². The molecule has 0 aromatic rings. The van der Waals surface area contributed by atoms with Crippen molar-refractivity contribution in [3.05, 3.63) is 0 Å². The quantitative estimate of drug-likeness (QED) is 0.718. The third kappa shape index (κ3) is 2.05. The van der Waals surface area contributed by atoms with E-state index in [1.54, 1.807) is 0 Å². The van der Waals surface area contributed by atoms with Gasteiger partial charge in [0, 0.05) is 24.7 Å². The molecule has 0 bridgehead atoms. The third-order valence-electron chi connectivity index (χ3n) is 3.37. The summed E-state index contributed by atoms with van der Waals surface area (Å²) in [5.74, 6) is 0.787. The fraction of sp³-hybridized carbons (Fsp3) is 1.00. The summed E-state index contributed by atoms with van der Waals surface area (Å²) in [6, 6.07) is 2.03. The molecule has 1 heterocycles. The molecule has 2 nitrogen and oxygen atoms in total. The van der Waals surface area contributed by atoms with E-state index in [-0.39, 0.29) is 0 Å². The molecule has 2 heteroatoms. The van der Waals surface area contributed by atoms with Gasteiger partial charge in [-0.2, -0.15) is 0 Å². The molecule has 2 fully saturated rings. The predicted molar refractivity (Wildman–Crippen MR) is 55.6 cm³/mol. The van der Waals surface area contributed by atoms with Crippen molar-refractivity contribution in [2.24, 2.45) is 11.7 Å². The Morgan fingerprint density at radius 3 is 2.54 bits per heavy atom. The second kappa shape index (κ2) is 3.58. The highest BCUT2D eigenvalue weighted by molar-refractivity contribution is 4.97. The smallest absolute Gasteiger partial charge is 0.0253 e. The SMILES string of the molecule is CC(C)CC1C(N)CCN1C1CC1. The summed E-state index contributed by atoms with van der Waals surface area (Å²) in [6.07, 6.45) is 5.34. The fourth-order valence-electron chi connectivity index (χ4n) is 2.56. The summed E-state index contributed by atoms with van der Waals surface area (Å²) in [7, 11) is 0. The number of nitrogens with two attached hydrogens (primary N) is 1. The molecule has 0 aromatic heterocycles. The zero-order chi connectivity index (χ0) is 9.42. The molecule has 76 valence electrons. The average Bonchev–Trinajstić information content (AvgIpc) is 2.81. The maximum Gasteiger partial charge on any atom is 0.0253 e. The van der Waals surface area contributed by atoms with Crippen molar-refractivity contribution in [2.45, 2.75) is 57.7 Å². The maximum absolute atomic E-state index is 6.14. The molecule has 1 saturated heterocycles. The number of nitrogens with zero attached hydrogens (tertiary/aromatic N) is 1. The van der Waals surface area contributed by atoms with Gasteiger partial charge in [0.1, 0.15) is 0 Å². The van der Waals surface area contributed by atoms with Gasteiger partial charge in [0.2, 0.25) is 0 Å². The highest BCUT2D eigenvalue weighted by atomic mass is 15.2. The van der Waals surface area contributed by atoms with Gasteiger partial charge in [-0.05, 0) is 31.6 Å². The highest BCUT2D eigenvalue weighted by Gasteiger charge is 2.40. The first-order chi connectivity index (χ1) is 6.18. The summed E-state index contributed by atoms with van der Waals surface area (Å²) < 4.78 is 0. The fourth-order valence-corrected chi connectivity index (χ4v) is 2.56. The Morgan fingerprint density at radius 2 is 2.00 bits per heavy atom. The van der Waals surface area contributed by atoms with Crippen molar-refractivity contribution in [1.82, 2.24) is 4.90 Å². The van der Waals surface area contributed by atoms with Crippen LogP contribution in [0.4, 0.5) is 0 Å². The Bertz CT molecular complexity index is 175. The van der Waals surface area contributed by atoms with Gasteiger partial charge in [-0.3, -0.25) is 4.90 Å². The number of hydrogen-bond acceptors (Lipinski definition) is 2. The Hall–Kier alpha value is -0.0800. The molecule has 2 aliphatic rings.